The Hall–Kier alpha value is -3.78. The molecule has 0 radical (unpaired) electrons. The maximum absolute atomic E-state index is 13.1. The van der Waals surface area contributed by atoms with Gasteiger partial charge in [-0.05, 0) is 22.4 Å². The Morgan fingerprint density at radius 1 is 1.06 bits per heavy atom. The summed E-state index contributed by atoms with van der Waals surface area (Å²) < 4.78 is 0. The third kappa shape index (κ3) is 3.38. The van der Waals surface area contributed by atoms with Crippen molar-refractivity contribution in [2.24, 2.45) is 0 Å². The van der Waals surface area contributed by atoms with Crippen LogP contribution in [0.2, 0.25) is 0 Å². The Morgan fingerprint density at radius 3 is 2.59 bits per heavy atom. The van der Waals surface area contributed by atoms with Crippen molar-refractivity contribution in [1.82, 2.24) is 9.97 Å². The van der Waals surface area contributed by atoms with E-state index in [2.05, 4.69) is 21.4 Å². The molecule has 0 aliphatic carbocycles. The van der Waals surface area contributed by atoms with E-state index in [1.807, 2.05) is 52.5 Å². The number of amides is 1. The summed E-state index contributed by atoms with van der Waals surface area (Å²) in [5, 5.41) is 19.2. The second kappa shape index (κ2) is 8.05. The van der Waals surface area contributed by atoms with Gasteiger partial charge in [-0.1, -0.05) is 30.3 Å². The highest BCUT2D eigenvalue weighted by Crippen LogP contribution is 2.43. The Kier molecular flexibility index (Phi) is 5.07. The molecular formula is C22H14N6OS3. The van der Waals surface area contributed by atoms with Gasteiger partial charge in [0.05, 0.1) is 11.4 Å². The van der Waals surface area contributed by atoms with Crippen LogP contribution in [0.4, 0.5) is 16.6 Å². The number of carbonyl (C=O) groups is 1. The normalized spacial score (nSPS) is 10.8. The van der Waals surface area contributed by atoms with Crippen LogP contribution in [0.15, 0.2) is 52.5 Å². The quantitative estimate of drug-likeness (QED) is 0.318. The number of nitriles is 1. The van der Waals surface area contributed by atoms with E-state index in [-0.39, 0.29) is 23.0 Å². The molecule has 0 aliphatic heterocycles. The molecule has 1 amide bonds. The summed E-state index contributed by atoms with van der Waals surface area (Å²) in [6.45, 7) is 0. The van der Waals surface area contributed by atoms with Crippen LogP contribution in [0.25, 0.3) is 32.6 Å². The number of thiazole rings is 1. The zero-order valence-electron chi connectivity index (χ0n) is 16.3. The molecule has 0 aliphatic rings. The average Bonchev–Trinajstić information content (AvgIpc) is 3.54. The molecule has 10 heteroatoms. The molecule has 5 aromatic rings. The number of fused-ring (bicyclic) bond motifs is 1. The molecule has 4 aromatic heterocycles. The lowest BCUT2D eigenvalue weighted by Gasteiger charge is -2.07. The van der Waals surface area contributed by atoms with Gasteiger partial charge in [-0.25, -0.2) is 9.97 Å². The minimum atomic E-state index is -0.382. The smallest absolute Gasteiger partial charge is 0.269 e. The fraction of sp³-hybridized carbons (Fsp3) is 0. The lowest BCUT2D eigenvalue weighted by atomic mass is 9.99. The van der Waals surface area contributed by atoms with Crippen molar-refractivity contribution in [3.8, 4) is 28.5 Å². The Balaban J connectivity index is 1.55. The molecule has 0 saturated heterocycles. The van der Waals surface area contributed by atoms with Crippen molar-refractivity contribution in [3.63, 3.8) is 0 Å². The minimum Gasteiger partial charge on any atom is -0.397 e. The van der Waals surface area contributed by atoms with E-state index < -0.39 is 0 Å². The third-order valence-electron chi connectivity index (χ3n) is 4.83. The Labute approximate surface area is 194 Å². The zero-order valence-corrected chi connectivity index (χ0v) is 18.8. The molecule has 0 bridgehead atoms. The molecule has 7 nitrogen and oxygen atoms in total. The maximum Gasteiger partial charge on any atom is 0.269 e. The Morgan fingerprint density at radius 2 is 1.88 bits per heavy atom. The van der Waals surface area contributed by atoms with Crippen LogP contribution in [-0.4, -0.2) is 15.9 Å². The van der Waals surface area contributed by atoms with Gasteiger partial charge in [0.25, 0.3) is 5.91 Å². The van der Waals surface area contributed by atoms with Crippen molar-refractivity contribution in [3.05, 3.63) is 63.0 Å². The van der Waals surface area contributed by atoms with Gasteiger partial charge >= 0.3 is 0 Å². The van der Waals surface area contributed by atoms with E-state index in [0.29, 0.717) is 25.8 Å². The lowest BCUT2D eigenvalue weighted by Crippen LogP contribution is -2.11. The Bertz CT molecular complexity index is 1500. The minimum absolute atomic E-state index is 0.113. The molecule has 0 spiro atoms. The average molecular weight is 475 g/mol. The first-order chi connectivity index (χ1) is 15.6. The van der Waals surface area contributed by atoms with E-state index >= 15 is 0 Å². The standard InChI is InChI=1S/C22H14N6OS3/c23-8-13-15(12-6-7-30-9-12)16-17(24)18(32-21(16)27-19(13)25)20(29)28-22-26-14(10-31-22)11-4-2-1-3-5-11/h1-7,9-10H,24H2,(H2,25,27)(H,26,28,29). The van der Waals surface area contributed by atoms with Crippen LogP contribution in [0.1, 0.15) is 15.2 Å². The number of aromatic nitrogens is 2. The number of pyridine rings is 1. The second-order valence-electron chi connectivity index (χ2n) is 6.75. The number of anilines is 3. The SMILES string of the molecule is N#Cc1c(N)nc2sc(C(=O)Nc3nc(-c4ccccc4)cs3)c(N)c2c1-c1ccsc1. The van der Waals surface area contributed by atoms with Crippen LogP contribution >= 0.6 is 34.0 Å². The number of nitrogen functional groups attached to an aromatic ring is 2. The summed E-state index contributed by atoms with van der Waals surface area (Å²) in [5.74, 6) is -0.269. The number of nitrogens with two attached hydrogens (primary N) is 2. The molecule has 1 aromatic carbocycles. The van der Waals surface area contributed by atoms with Crippen molar-refractivity contribution in [2.75, 3.05) is 16.8 Å². The molecule has 0 saturated carbocycles. The number of nitrogens with one attached hydrogen (secondary N) is 1. The van der Waals surface area contributed by atoms with Gasteiger partial charge in [-0.3, -0.25) is 10.1 Å². The molecular weight excluding hydrogens is 460 g/mol. The molecule has 156 valence electrons. The van der Waals surface area contributed by atoms with Crippen LogP contribution in [-0.2, 0) is 0 Å². The van der Waals surface area contributed by atoms with Crippen LogP contribution in [0.3, 0.4) is 0 Å². The molecule has 0 fully saturated rings. The van der Waals surface area contributed by atoms with Crippen molar-refractivity contribution < 1.29 is 4.79 Å². The summed E-state index contributed by atoms with van der Waals surface area (Å²) >= 11 is 3.97. The lowest BCUT2D eigenvalue weighted by molar-refractivity contribution is 0.103. The van der Waals surface area contributed by atoms with E-state index in [9.17, 15) is 10.1 Å². The predicted molar refractivity (Wildman–Crippen MR) is 132 cm³/mol. The zero-order chi connectivity index (χ0) is 22.2. The van der Waals surface area contributed by atoms with E-state index in [1.165, 1.54) is 22.7 Å². The second-order valence-corrected chi connectivity index (χ2v) is 9.39. The van der Waals surface area contributed by atoms with Gasteiger partial charge in [0.2, 0.25) is 0 Å². The summed E-state index contributed by atoms with van der Waals surface area (Å²) in [7, 11) is 0. The first-order valence-electron chi connectivity index (χ1n) is 9.33. The predicted octanol–water partition coefficient (Wildman–Crippen LogP) is 5.44. The first kappa shape index (κ1) is 20.1. The third-order valence-corrected chi connectivity index (χ3v) is 7.37. The molecule has 0 unspecified atom stereocenters. The summed E-state index contributed by atoms with van der Waals surface area (Å²) in [4.78, 5) is 22.7. The van der Waals surface area contributed by atoms with E-state index in [4.69, 9.17) is 11.5 Å². The monoisotopic (exact) mass is 474 g/mol. The number of carbonyl (C=O) groups excluding carboxylic acids is 1. The van der Waals surface area contributed by atoms with Crippen molar-refractivity contribution in [1.29, 1.82) is 5.26 Å². The van der Waals surface area contributed by atoms with Gasteiger partial charge in [-0.2, -0.15) is 16.6 Å². The fourth-order valence-corrected chi connectivity index (χ4v) is 5.74. The number of rotatable bonds is 4. The summed E-state index contributed by atoms with van der Waals surface area (Å²) in [6, 6.07) is 13.7. The highest BCUT2D eigenvalue weighted by Gasteiger charge is 2.25. The number of benzene rings is 1. The molecule has 5 N–H and O–H groups in total. The van der Waals surface area contributed by atoms with Gasteiger partial charge in [0, 0.05) is 21.9 Å². The summed E-state index contributed by atoms with van der Waals surface area (Å²) in [6.07, 6.45) is 0. The van der Waals surface area contributed by atoms with Crippen molar-refractivity contribution in [2.45, 2.75) is 0 Å². The number of thiophene rings is 2. The number of nitrogens with zero attached hydrogens (tertiary/aromatic N) is 3. The van der Waals surface area contributed by atoms with Crippen molar-refractivity contribution >= 4 is 66.8 Å². The number of hydrogen-bond donors (Lipinski definition) is 3. The fourth-order valence-electron chi connectivity index (χ4n) is 3.37. The largest absolute Gasteiger partial charge is 0.397 e. The molecule has 0 atom stereocenters. The van der Waals surface area contributed by atoms with Crippen LogP contribution in [0, 0.1) is 11.3 Å². The van der Waals surface area contributed by atoms with Crippen LogP contribution < -0.4 is 16.8 Å². The molecule has 32 heavy (non-hydrogen) atoms. The number of hydrogen-bond acceptors (Lipinski definition) is 9. The van der Waals surface area contributed by atoms with Gasteiger partial charge in [-0.15, -0.1) is 22.7 Å². The maximum atomic E-state index is 13.1. The molecule has 4 heterocycles. The van der Waals surface area contributed by atoms with E-state index in [0.717, 1.165) is 28.2 Å². The first-order valence-corrected chi connectivity index (χ1v) is 12.0. The summed E-state index contributed by atoms with van der Waals surface area (Å²) in [5.41, 5.74) is 16.1. The topological polar surface area (TPSA) is 131 Å². The highest BCUT2D eigenvalue weighted by molar-refractivity contribution is 7.21. The van der Waals surface area contributed by atoms with Gasteiger partial charge in [0.15, 0.2) is 5.13 Å². The van der Waals surface area contributed by atoms with E-state index in [1.54, 1.807) is 0 Å². The highest BCUT2D eigenvalue weighted by atomic mass is 32.1. The van der Waals surface area contributed by atoms with Gasteiger partial charge < -0.3 is 11.5 Å². The van der Waals surface area contributed by atoms with Gasteiger partial charge in [0.1, 0.15) is 27.2 Å². The van der Waals surface area contributed by atoms with Crippen LogP contribution in [0.5, 0.6) is 0 Å². The molecule has 5 rings (SSSR count).